The zero-order chi connectivity index (χ0) is 24.6. The Kier molecular flexibility index (Phi) is 6.61. The van der Waals surface area contributed by atoms with Gasteiger partial charge in [-0.15, -0.1) is 0 Å². The Morgan fingerprint density at radius 3 is 2.43 bits per heavy atom. The summed E-state index contributed by atoms with van der Waals surface area (Å²) in [5, 5.41) is 4.05. The zero-order valence-corrected chi connectivity index (χ0v) is 21.1. The lowest BCUT2D eigenvalue weighted by Gasteiger charge is -2.34. The third-order valence-corrected chi connectivity index (χ3v) is 8.90. The molecule has 1 aliphatic carbocycles. The van der Waals surface area contributed by atoms with Gasteiger partial charge in [-0.25, -0.2) is 8.42 Å². The first-order chi connectivity index (χ1) is 16.8. The van der Waals surface area contributed by atoms with Gasteiger partial charge in [-0.3, -0.25) is 14.7 Å². The quantitative estimate of drug-likeness (QED) is 0.547. The highest BCUT2D eigenvalue weighted by Crippen LogP contribution is 2.41. The predicted molar refractivity (Wildman–Crippen MR) is 136 cm³/mol. The summed E-state index contributed by atoms with van der Waals surface area (Å²) < 4.78 is 28.3. The van der Waals surface area contributed by atoms with E-state index in [9.17, 15) is 13.2 Å². The van der Waals surface area contributed by atoms with Crippen LogP contribution in [0.25, 0.3) is 10.9 Å². The van der Waals surface area contributed by atoms with Crippen molar-refractivity contribution in [2.45, 2.75) is 37.6 Å². The summed E-state index contributed by atoms with van der Waals surface area (Å²) in [6.07, 6.45) is 3.97. The van der Waals surface area contributed by atoms with E-state index >= 15 is 0 Å². The molecule has 7 nitrogen and oxygen atoms in total. The molecule has 5 rings (SSSR count). The van der Waals surface area contributed by atoms with Gasteiger partial charge in [0.2, 0.25) is 15.9 Å². The molecule has 0 spiro atoms. The van der Waals surface area contributed by atoms with Gasteiger partial charge in [-0.05, 0) is 55.9 Å². The second-order valence-electron chi connectivity index (χ2n) is 9.81. The average Bonchev–Trinajstić information content (AvgIpc) is 3.68. The first kappa shape index (κ1) is 23.9. The number of benzene rings is 2. The van der Waals surface area contributed by atoms with E-state index in [1.165, 1.54) is 9.87 Å². The molecule has 0 radical (unpaired) electrons. The van der Waals surface area contributed by atoms with Crippen LogP contribution in [0.4, 0.5) is 0 Å². The van der Waals surface area contributed by atoms with E-state index in [2.05, 4.69) is 41.5 Å². The predicted octanol–water partition coefficient (Wildman–Crippen LogP) is 3.43. The molecule has 184 valence electrons. The number of fused-ring (bicyclic) bond motifs is 1. The highest BCUT2D eigenvalue weighted by atomic mass is 32.2. The van der Waals surface area contributed by atoms with E-state index in [1.807, 2.05) is 24.0 Å². The Balaban J connectivity index is 1.21. The molecule has 35 heavy (non-hydrogen) atoms. The summed E-state index contributed by atoms with van der Waals surface area (Å²) >= 11 is 0. The molecule has 2 heterocycles. The number of hydrogen-bond acceptors (Lipinski definition) is 5. The Labute approximate surface area is 207 Å². The summed E-state index contributed by atoms with van der Waals surface area (Å²) in [5.41, 5.74) is 3.85. The molecular weight excluding hydrogens is 460 g/mol. The Hall–Kier alpha value is -2.81. The Morgan fingerprint density at radius 1 is 1.03 bits per heavy atom. The molecule has 8 heteroatoms. The van der Waals surface area contributed by atoms with Crippen LogP contribution in [0.5, 0.6) is 0 Å². The molecule has 1 unspecified atom stereocenters. The van der Waals surface area contributed by atoms with Crippen molar-refractivity contribution in [1.82, 2.24) is 19.5 Å². The van der Waals surface area contributed by atoms with Crippen LogP contribution in [-0.2, 0) is 14.8 Å². The van der Waals surface area contributed by atoms with Crippen LogP contribution in [0, 0.1) is 19.8 Å². The zero-order valence-electron chi connectivity index (χ0n) is 20.3. The van der Waals surface area contributed by atoms with Gasteiger partial charge in [0.1, 0.15) is 4.90 Å². The van der Waals surface area contributed by atoms with Crippen LogP contribution >= 0.6 is 0 Å². The number of carbonyl (C=O) groups excluding carboxylic acids is 1. The molecule has 0 bridgehead atoms. The van der Waals surface area contributed by atoms with Gasteiger partial charge in [0.25, 0.3) is 0 Å². The Bertz CT molecular complexity index is 1330. The third-order valence-electron chi connectivity index (χ3n) is 6.97. The highest BCUT2D eigenvalue weighted by molar-refractivity contribution is 7.89. The fourth-order valence-corrected chi connectivity index (χ4v) is 6.40. The monoisotopic (exact) mass is 492 g/mol. The molecule has 1 amide bonds. The fraction of sp³-hybridized carbons (Fsp3) is 0.407. The molecule has 1 N–H and O–H groups in total. The minimum absolute atomic E-state index is 0.00703. The fourth-order valence-electron chi connectivity index (χ4n) is 4.82. The van der Waals surface area contributed by atoms with Crippen molar-refractivity contribution in [3.8, 4) is 0 Å². The lowest BCUT2D eigenvalue weighted by Crippen LogP contribution is -2.51. The van der Waals surface area contributed by atoms with E-state index in [-0.39, 0.29) is 23.4 Å². The number of amides is 1. The molecule has 2 fully saturated rings. The number of aromatic nitrogens is 1. The highest BCUT2D eigenvalue weighted by Gasteiger charge is 2.34. The maximum absolute atomic E-state index is 13.4. The van der Waals surface area contributed by atoms with E-state index in [1.54, 1.807) is 18.3 Å². The molecule has 1 saturated carbocycles. The average molecular weight is 493 g/mol. The van der Waals surface area contributed by atoms with Crippen LogP contribution in [0.3, 0.4) is 0 Å². The topological polar surface area (TPSA) is 82.6 Å². The Morgan fingerprint density at radius 2 is 1.74 bits per heavy atom. The summed E-state index contributed by atoms with van der Waals surface area (Å²) in [4.78, 5) is 19.6. The number of hydrogen-bond donors (Lipinski definition) is 1. The summed E-state index contributed by atoms with van der Waals surface area (Å²) in [5.74, 6) is 0.495. The number of aryl methyl sites for hydroxylation is 2. The van der Waals surface area contributed by atoms with Gasteiger partial charge in [0.15, 0.2) is 0 Å². The van der Waals surface area contributed by atoms with Gasteiger partial charge < -0.3 is 5.32 Å². The van der Waals surface area contributed by atoms with Crippen LogP contribution < -0.4 is 5.32 Å². The largest absolute Gasteiger partial charge is 0.348 e. The van der Waals surface area contributed by atoms with Crippen molar-refractivity contribution in [2.24, 2.45) is 5.92 Å². The molecule has 3 aromatic rings. The number of para-hydroxylation sites is 1. The van der Waals surface area contributed by atoms with Gasteiger partial charge in [0.05, 0.1) is 18.1 Å². The van der Waals surface area contributed by atoms with Crippen molar-refractivity contribution in [3.05, 3.63) is 71.4 Å². The summed E-state index contributed by atoms with van der Waals surface area (Å²) in [6.45, 7) is 6.01. The van der Waals surface area contributed by atoms with Crippen molar-refractivity contribution in [3.63, 3.8) is 0 Å². The van der Waals surface area contributed by atoms with E-state index in [0.717, 1.165) is 29.4 Å². The SMILES string of the molecule is Cc1ccc(C(NC(=O)CN2CCN(S(=O)(=O)c3cccc4cc(C)cnc34)CC2)C2CC2)cc1. The number of pyridine rings is 1. The smallest absolute Gasteiger partial charge is 0.245 e. The second kappa shape index (κ2) is 9.68. The van der Waals surface area contributed by atoms with Gasteiger partial charge >= 0.3 is 0 Å². The number of sulfonamides is 1. The molecule has 2 aromatic carbocycles. The van der Waals surface area contributed by atoms with E-state index in [0.29, 0.717) is 37.6 Å². The maximum Gasteiger partial charge on any atom is 0.245 e. The van der Waals surface area contributed by atoms with Gasteiger partial charge in [-0.1, -0.05) is 42.0 Å². The van der Waals surface area contributed by atoms with Crippen LogP contribution in [0.15, 0.2) is 59.6 Å². The molecule has 1 aliphatic heterocycles. The number of piperazine rings is 1. The standard InChI is InChI=1S/C27H32N4O3S/c1-19-6-8-21(9-7-19)26(22-10-11-22)29-25(32)18-30-12-14-31(15-13-30)35(33,34)24-5-3-4-23-16-20(2)17-28-27(23)24/h3-9,16-17,22,26H,10-15,18H2,1-2H3,(H,29,32). The molecule has 1 saturated heterocycles. The molecule has 1 atom stereocenters. The van der Waals surface area contributed by atoms with Crippen molar-refractivity contribution in [1.29, 1.82) is 0 Å². The minimum Gasteiger partial charge on any atom is -0.348 e. The summed E-state index contributed by atoms with van der Waals surface area (Å²) in [6, 6.07) is 15.7. The minimum atomic E-state index is -3.67. The summed E-state index contributed by atoms with van der Waals surface area (Å²) in [7, 11) is -3.67. The number of rotatable bonds is 7. The van der Waals surface area contributed by atoms with Crippen molar-refractivity contribution in [2.75, 3.05) is 32.7 Å². The number of nitrogens with zero attached hydrogens (tertiary/aromatic N) is 3. The first-order valence-corrected chi connectivity index (χ1v) is 13.7. The van der Waals surface area contributed by atoms with E-state index < -0.39 is 10.0 Å². The molecular formula is C27H32N4O3S. The van der Waals surface area contributed by atoms with Crippen LogP contribution in [0.1, 0.15) is 35.6 Å². The van der Waals surface area contributed by atoms with Crippen LogP contribution in [-0.4, -0.2) is 61.2 Å². The number of nitrogens with one attached hydrogen (secondary N) is 1. The lowest BCUT2D eigenvalue weighted by atomic mass is 10.0. The maximum atomic E-state index is 13.4. The van der Waals surface area contributed by atoms with Crippen molar-refractivity contribution >= 4 is 26.8 Å². The second-order valence-corrected chi connectivity index (χ2v) is 11.7. The van der Waals surface area contributed by atoms with E-state index in [4.69, 9.17) is 0 Å². The normalized spacial score (nSPS) is 18.5. The lowest BCUT2D eigenvalue weighted by molar-refractivity contribution is -0.123. The molecule has 2 aliphatic rings. The molecule has 1 aromatic heterocycles. The van der Waals surface area contributed by atoms with Gasteiger partial charge in [0, 0.05) is 37.8 Å². The number of carbonyl (C=O) groups is 1. The van der Waals surface area contributed by atoms with Crippen LogP contribution in [0.2, 0.25) is 0 Å². The van der Waals surface area contributed by atoms with Gasteiger partial charge in [-0.2, -0.15) is 4.31 Å². The van der Waals surface area contributed by atoms with Crippen molar-refractivity contribution < 1.29 is 13.2 Å². The third kappa shape index (κ3) is 5.24. The first-order valence-electron chi connectivity index (χ1n) is 12.2.